The van der Waals surface area contributed by atoms with Crippen LogP contribution in [0.3, 0.4) is 0 Å². The topological polar surface area (TPSA) is 47.5 Å². The third kappa shape index (κ3) is 2.06. The van der Waals surface area contributed by atoms with Gasteiger partial charge in [0.25, 0.3) is 0 Å². The standard InChI is InChI=1S/C16H9BrN2O2/c17-11-5-6-15-18-13(9-19(15)8-11)12-7-10-3-1-2-4-14(10)21-16(12)20/h1-9H. The first-order chi connectivity index (χ1) is 10.2. The van der Waals surface area contributed by atoms with Gasteiger partial charge in [-0.1, -0.05) is 18.2 Å². The van der Waals surface area contributed by atoms with Gasteiger partial charge in [0, 0.05) is 22.3 Å². The summed E-state index contributed by atoms with van der Waals surface area (Å²) in [6.07, 6.45) is 3.72. The Morgan fingerprint density at radius 2 is 1.95 bits per heavy atom. The zero-order valence-electron chi connectivity index (χ0n) is 10.8. The molecule has 0 saturated heterocycles. The number of hydrogen-bond acceptors (Lipinski definition) is 3. The molecule has 4 aromatic rings. The first-order valence-corrected chi connectivity index (χ1v) is 7.17. The Bertz CT molecular complexity index is 1030. The second-order valence-corrected chi connectivity index (χ2v) is 5.64. The normalized spacial score (nSPS) is 11.3. The number of pyridine rings is 1. The smallest absolute Gasteiger partial charge is 0.345 e. The molecule has 5 heteroatoms. The lowest BCUT2D eigenvalue weighted by atomic mass is 10.1. The van der Waals surface area contributed by atoms with E-state index in [0.29, 0.717) is 16.8 Å². The number of halogens is 1. The Labute approximate surface area is 127 Å². The fourth-order valence-electron chi connectivity index (χ4n) is 2.33. The fraction of sp³-hybridized carbons (Fsp3) is 0. The summed E-state index contributed by atoms with van der Waals surface area (Å²) < 4.78 is 8.17. The second-order valence-electron chi connectivity index (χ2n) is 4.72. The molecule has 3 aromatic heterocycles. The van der Waals surface area contributed by atoms with Gasteiger partial charge in [-0.2, -0.15) is 0 Å². The maximum absolute atomic E-state index is 12.2. The average Bonchev–Trinajstić information content (AvgIpc) is 2.89. The van der Waals surface area contributed by atoms with E-state index in [9.17, 15) is 4.79 Å². The van der Waals surface area contributed by atoms with E-state index in [-0.39, 0.29) is 5.63 Å². The van der Waals surface area contributed by atoms with Crippen LogP contribution in [0, 0.1) is 0 Å². The molecular weight excluding hydrogens is 332 g/mol. The summed E-state index contributed by atoms with van der Waals surface area (Å²) in [5.74, 6) is 0. The highest BCUT2D eigenvalue weighted by Gasteiger charge is 2.11. The van der Waals surface area contributed by atoms with Crippen LogP contribution in [-0.2, 0) is 0 Å². The van der Waals surface area contributed by atoms with E-state index in [4.69, 9.17) is 4.42 Å². The molecule has 0 aliphatic heterocycles. The largest absolute Gasteiger partial charge is 0.422 e. The van der Waals surface area contributed by atoms with Crippen LogP contribution in [0.4, 0.5) is 0 Å². The van der Waals surface area contributed by atoms with Crippen molar-refractivity contribution in [2.75, 3.05) is 0 Å². The van der Waals surface area contributed by atoms with Crippen molar-refractivity contribution in [1.82, 2.24) is 9.38 Å². The lowest BCUT2D eigenvalue weighted by molar-refractivity contribution is 0.563. The highest BCUT2D eigenvalue weighted by atomic mass is 79.9. The maximum atomic E-state index is 12.2. The van der Waals surface area contributed by atoms with Crippen molar-refractivity contribution >= 4 is 32.5 Å². The van der Waals surface area contributed by atoms with Gasteiger partial charge in [-0.05, 0) is 40.2 Å². The van der Waals surface area contributed by atoms with Crippen LogP contribution in [0.25, 0.3) is 27.9 Å². The van der Waals surface area contributed by atoms with Crippen LogP contribution in [0.15, 0.2) is 68.5 Å². The minimum Gasteiger partial charge on any atom is -0.422 e. The van der Waals surface area contributed by atoms with Crippen molar-refractivity contribution in [3.8, 4) is 11.3 Å². The molecule has 4 nitrogen and oxygen atoms in total. The molecular formula is C16H9BrN2O2. The van der Waals surface area contributed by atoms with Crippen LogP contribution >= 0.6 is 15.9 Å². The van der Waals surface area contributed by atoms with E-state index >= 15 is 0 Å². The van der Waals surface area contributed by atoms with E-state index in [2.05, 4.69) is 20.9 Å². The predicted molar refractivity (Wildman–Crippen MR) is 84.4 cm³/mol. The van der Waals surface area contributed by atoms with Crippen LogP contribution in [0.1, 0.15) is 0 Å². The lowest BCUT2D eigenvalue weighted by Crippen LogP contribution is -2.02. The number of fused-ring (bicyclic) bond motifs is 2. The Hall–Kier alpha value is -2.40. The molecule has 102 valence electrons. The molecule has 0 atom stereocenters. The van der Waals surface area contributed by atoms with Crippen molar-refractivity contribution in [3.63, 3.8) is 0 Å². The summed E-state index contributed by atoms with van der Waals surface area (Å²) in [7, 11) is 0. The summed E-state index contributed by atoms with van der Waals surface area (Å²) in [5, 5.41) is 0.880. The molecule has 1 aromatic carbocycles. The molecule has 0 aliphatic rings. The zero-order chi connectivity index (χ0) is 14.4. The van der Waals surface area contributed by atoms with Gasteiger partial charge in [0.2, 0.25) is 0 Å². The van der Waals surface area contributed by atoms with Gasteiger partial charge in [-0.15, -0.1) is 0 Å². The third-order valence-electron chi connectivity index (χ3n) is 3.33. The van der Waals surface area contributed by atoms with Crippen LogP contribution in [0.5, 0.6) is 0 Å². The van der Waals surface area contributed by atoms with Crippen molar-refractivity contribution in [1.29, 1.82) is 0 Å². The molecule has 0 radical (unpaired) electrons. The SMILES string of the molecule is O=c1oc2ccccc2cc1-c1cn2cc(Br)ccc2n1. The molecule has 3 heterocycles. The number of para-hydroxylation sites is 1. The van der Waals surface area contributed by atoms with Crippen LogP contribution in [0.2, 0.25) is 0 Å². The van der Waals surface area contributed by atoms with Gasteiger partial charge >= 0.3 is 5.63 Å². The summed E-state index contributed by atoms with van der Waals surface area (Å²) in [6.45, 7) is 0. The Morgan fingerprint density at radius 3 is 2.86 bits per heavy atom. The molecule has 0 amide bonds. The highest BCUT2D eigenvalue weighted by molar-refractivity contribution is 9.10. The molecule has 21 heavy (non-hydrogen) atoms. The van der Waals surface area contributed by atoms with E-state index in [1.54, 1.807) is 6.07 Å². The molecule has 0 fully saturated rings. The Morgan fingerprint density at radius 1 is 1.10 bits per heavy atom. The second kappa shape index (κ2) is 4.56. The molecule has 0 unspecified atom stereocenters. The molecule has 0 saturated carbocycles. The fourth-order valence-corrected chi connectivity index (χ4v) is 2.69. The molecule has 0 aliphatic carbocycles. The zero-order valence-corrected chi connectivity index (χ0v) is 12.4. The predicted octanol–water partition coefficient (Wildman–Crippen LogP) is 3.87. The number of aromatic nitrogens is 2. The van der Waals surface area contributed by atoms with Gasteiger partial charge in [-0.3, -0.25) is 0 Å². The van der Waals surface area contributed by atoms with Crippen molar-refractivity contribution in [3.05, 3.63) is 69.8 Å². The van der Waals surface area contributed by atoms with Crippen LogP contribution in [-0.4, -0.2) is 9.38 Å². The van der Waals surface area contributed by atoms with Crippen molar-refractivity contribution in [2.24, 2.45) is 0 Å². The van der Waals surface area contributed by atoms with Gasteiger partial charge in [0.05, 0.1) is 11.3 Å². The third-order valence-corrected chi connectivity index (χ3v) is 3.80. The van der Waals surface area contributed by atoms with Crippen molar-refractivity contribution < 1.29 is 4.42 Å². The summed E-state index contributed by atoms with van der Waals surface area (Å²) in [4.78, 5) is 16.6. The number of rotatable bonds is 1. The monoisotopic (exact) mass is 340 g/mol. The first kappa shape index (κ1) is 12.3. The number of benzene rings is 1. The summed E-state index contributed by atoms with van der Waals surface area (Å²) in [5.41, 5.74) is 2.05. The number of nitrogens with zero attached hydrogens (tertiary/aromatic N) is 2. The van der Waals surface area contributed by atoms with Crippen LogP contribution < -0.4 is 5.63 Å². The molecule has 4 rings (SSSR count). The Kier molecular flexibility index (Phi) is 2.68. The van der Waals surface area contributed by atoms with Gasteiger partial charge in [0.15, 0.2) is 0 Å². The minimum atomic E-state index is -0.379. The van der Waals surface area contributed by atoms with Crippen molar-refractivity contribution in [2.45, 2.75) is 0 Å². The van der Waals surface area contributed by atoms with Gasteiger partial charge in [0.1, 0.15) is 11.2 Å². The molecule has 0 spiro atoms. The number of imidazole rings is 1. The van der Waals surface area contributed by atoms with Gasteiger partial charge in [-0.25, -0.2) is 9.78 Å². The summed E-state index contributed by atoms with van der Waals surface area (Å²) in [6, 6.07) is 13.1. The lowest BCUT2D eigenvalue weighted by Gasteiger charge is -1.98. The highest BCUT2D eigenvalue weighted by Crippen LogP contribution is 2.21. The maximum Gasteiger partial charge on any atom is 0.345 e. The summed E-state index contributed by atoms with van der Waals surface area (Å²) >= 11 is 3.42. The van der Waals surface area contributed by atoms with E-state index in [0.717, 1.165) is 15.5 Å². The molecule has 0 bridgehead atoms. The quantitative estimate of drug-likeness (QED) is 0.494. The van der Waals surface area contributed by atoms with E-state index in [1.807, 2.05) is 53.2 Å². The minimum absolute atomic E-state index is 0.379. The Balaban J connectivity index is 1.99. The van der Waals surface area contributed by atoms with E-state index < -0.39 is 0 Å². The first-order valence-electron chi connectivity index (χ1n) is 6.38. The van der Waals surface area contributed by atoms with E-state index in [1.165, 1.54) is 0 Å². The van der Waals surface area contributed by atoms with Gasteiger partial charge < -0.3 is 8.82 Å². The number of hydrogen-bond donors (Lipinski definition) is 0. The molecule has 0 N–H and O–H groups in total. The average molecular weight is 341 g/mol.